The number of hydrogen-bond acceptors (Lipinski definition) is 5. The number of hydrogen-bond donors (Lipinski definition) is 1. The molecule has 108 valence electrons. The summed E-state index contributed by atoms with van der Waals surface area (Å²) in [6.45, 7) is 0. The molecule has 1 heterocycles. The number of aromatic nitrogens is 1. The van der Waals surface area contributed by atoms with E-state index < -0.39 is 10.9 Å². The molecule has 2 aromatic rings. The molecule has 0 unspecified atom stereocenters. The van der Waals surface area contributed by atoms with Gasteiger partial charge in [-0.1, -0.05) is 11.6 Å². The molecule has 0 saturated heterocycles. The second kappa shape index (κ2) is 5.76. The summed E-state index contributed by atoms with van der Waals surface area (Å²) >= 11 is 5.72. The first-order valence-electron chi connectivity index (χ1n) is 5.77. The molecule has 1 N–H and O–H groups in total. The van der Waals surface area contributed by atoms with E-state index in [2.05, 4.69) is 4.98 Å². The Balaban J connectivity index is 2.42. The molecule has 0 amide bonds. The Kier molecular flexibility index (Phi) is 4.04. The number of rotatable bonds is 4. The predicted molar refractivity (Wildman–Crippen MR) is 77.4 cm³/mol. The van der Waals surface area contributed by atoms with Crippen LogP contribution in [0.3, 0.4) is 0 Å². The van der Waals surface area contributed by atoms with Crippen LogP contribution in [0.5, 0.6) is 0 Å². The first-order valence-corrected chi connectivity index (χ1v) is 6.15. The highest BCUT2D eigenvalue weighted by molar-refractivity contribution is 6.30. The Morgan fingerprint density at radius 2 is 2.00 bits per heavy atom. The molecule has 1 aromatic carbocycles. The third-order valence-corrected chi connectivity index (χ3v) is 3.04. The Morgan fingerprint density at radius 3 is 2.52 bits per heavy atom. The second-order valence-electron chi connectivity index (χ2n) is 4.16. The molecule has 0 atom stereocenters. The summed E-state index contributed by atoms with van der Waals surface area (Å²) in [5.74, 6) is -0.924. The van der Waals surface area contributed by atoms with Crippen LogP contribution in [-0.4, -0.2) is 28.0 Å². The number of aromatic carboxylic acids is 1. The number of nitro groups is 1. The number of pyridine rings is 1. The number of nitrogens with zero attached hydrogens (tertiary/aromatic N) is 3. The summed E-state index contributed by atoms with van der Waals surface area (Å²) in [6.07, 6.45) is 1.31. The molecule has 1 aromatic heterocycles. The van der Waals surface area contributed by atoms with E-state index in [9.17, 15) is 14.9 Å². The molecule has 0 aliphatic heterocycles. The van der Waals surface area contributed by atoms with Gasteiger partial charge in [-0.05, 0) is 24.3 Å². The molecule has 0 aliphatic carbocycles. The maximum Gasteiger partial charge on any atom is 0.335 e. The van der Waals surface area contributed by atoms with Crippen LogP contribution >= 0.6 is 11.6 Å². The van der Waals surface area contributed by atoms with Crippen molar-refractivity contribution in [1.82, 2.24) is 4.98 Å². The van der Waals surface area contributed by atoms with E-state index in [0.29, 0.717) is 5.69 Å². The Morgan fingerprint density at radius 1 is 1.38 bits per heavy atom. The van der Waals surface area contributed by atoms with Gasteiger partial charge in [-0.3, -0.25) is 10.1 Å². The van der Waals surface area contributed by atoms with Gasteiger partial charge in [-0.25, -0.2) is 9.78 Å². The zero-order valence-electron chi connectivity index (χ0n) is 10.9. The average molecular weight is 308 g/mol. The quantitative estimate of drug-likeness (QED) is 0.688. The highest BCUT2D eigenvalue weighted by Gasteiger charge is 2.20. The number of benzene rings is 1. The molecule has 21 heavy (non-hydrogen) atoms. The minimum Gasteiger partial charge on any atom is -0.478 e. The molecule has 0 bridgehead atoms. The van der Waals surface area contributed by atoms with Crippen LogP contribution in [0.25, 0.3) is 0 Å². The Hall–Kier alpha value is -2.67. The van der Waals surface area contributed by atoms with Crippen LogP contribution in [0.1, 0.15) is 10.4 Å². The lowest BCUT2D eigenvalue weighted by atomic mass is 10.2. The minimum absolute atomic E-state index is 0.118. The third kappa shape index (κ3) is 3.09. The average Bonchev–Trinajstić information content (AvgIpc) is 2.46. The van der Waals surface area contributed by atoms with E-state index in [-0.39, 0.29) is 22.1 Å². The smallest absolute Gasteiger partial charge is 0.335 e. The monoisotopic (exact) mass is 307 g/mol. The number of carboxylic acids is 1. The fraction of sp³-hybridized carbons (Fsp3) is 0.0769. The van der Waals surface area contributed by atoms with Crippen LogP contribution in [0, 0.1) is 10.1 Å². The van der Waals surface area contributed by atoms with Gasteiger partial charge < -0.3 is 10.0 Å². The van der Waals surface area contributed by atoms with Gasteiger partial charge in [0.15, 0.2) is 0 Å². The van der Waals surface area contributed by atoms with Crippen molar-refractivity contribution in [2.75, 3.05) is 11.9 Å². The maximum atomic E-state index is 11.1. The van der Waals surface area contributed by atoms with E-state index in [1.54, 1.807) is 19.2 Å². The van der Waals surface area contributed by atoms with E-state index >= 15 is 0 Å². The van der Waals surface area contributed by atoms with Crippen LogP contribution in [0.4, 0.5) is 17.2 Å². The summed E-state index contributed by atoms with van der Waals surface area (Å²) in [7, 11) is 1.60. The summed E-state index contributed by atoms with van der Waals surface area (Å²) in [5, 5.41) is 20.1. The number of carboxylic acid groups (broad SMARTS) is 1. The van der Waals surface area contributed by atoms with Crippen LogP contribution in [0.15, 0.2) is 36.5 Å². The van der Waals surface area contributed by atoms with E-state index in [0.717, 1.165) is 0 Å². The molecule has 0 spiro atoms. The highest BCUT2D eigenvalue weighted by Crippen LogP contribution is 2.32. The second-order valence-corrected chi connectivity index (χ2v) is 4.60. The van der Waals surface area contributed by atoms with E-state index in [4.69, 9.17) is 16.7 Å². The zero-order valence-corrected chi connectivity index (χ0v) is 11.6. The van der Waals surface area contributed by atoms with Gasteiger partial charge in [0.25, 0.3) is 0 Å². The Labute approximate surface area is 124 Å². The normalized spacial score (nSPS) is 10.2. The van der Waals surface area contributed by atoms with Crippen LogP contribution in [0.2, 0.25) is 5.02 Å². The van der Waals surface area contributed by atoms with Crippen molar-refractivity contribution < 1.29 is 14.8 Å². The van der Waals surface area contributed by atoms with Gasteiger partial charge in [-0.15, -0.1) is 0 Å². The van der Waals surface area contributed by atoms with E-state index in [1.165, 1.54) is 29.3 Å². The predicted octanol–water partition coefficient (Wildman–Crippen LogP) is 3.11. The van der Waals surface area contributed by atoms with Crippen LogP contribution in [-0.2, 0) is 0 Å². The van der Waals surface area contributed by atoms with Crippen molar-refractivity contribution in [2.45, 2.75) is 0 Å². The van der Waals surface area contributed by atoms with Crippen molar-refractivity contribution in [2.24, 2.45) is 0 Å². The standard InChI is InChI=1S/C13H10ClN3O4/c1-16(10-4-2-8(3-5-10)13(18)19)12-11(17(20)21)6-9(14)7-15-12/h2-7H,1H3,(H,18,19). The molecular formula is C13H10ClN3O4. The number of carbonyl (C=O) groups is 1. The Bertz CT molecular complexity index is 703. The van der Waals surface area contributed by atoms with Gasteiger partial charge in [-0.2, -0.15) is 0 Å². The van der Waals surface area contributed by atoms with Crippen molar-refractivity contribution in [3.05, 3.63) is 57.2 Å². The van der Waals surface area contributed by atoms with E-state index in [1.807, 2.05) is 0 Å². The lowest BCUT2D eigenvalue weighted by molar-refractivity contribution is -0.384. The number of halogens is 1. The lowest BCUT2D eigenvalue weighted by Gasteiger charge is -2.18. The highest BCUT2D eigenvalue weighted by atomic mass is 35.5. The summed E-state index contributed by atoms with van der Waals surface area (Å²) in [5.41, 5.74) is 0.468. The topological polar surface area (TPSA) is 96.6 Å². The summed E-state index contributed by atoms with van der Waals surface area (Å²) in [6, 6.07) is 7.13. The first kappa shape index (κ1) is 14.7. The van der Waals surface area contributed by atoms with Gasteiger partial charge in [0.05, 0.1) is 15.5 Å². The fourth-order valence-corrected chi connectivity index (χ4v) is 1.92. The van der Waals surface area contributed by atoms with Crippen LogP contribution < -0.4 is 4.90 Å². The van der Waals surface area contributed by atoms with Gasteiger partial charge in [0.1, 0.15) is 0 Å². The lowest BCUT2D eigenvalue weighted by Crippen LogP contribution is -2.13. The molecule has 0 fully saturated rings. The van der Waals surface area contributed by atoms with Crippen molar-refractivity contribution in [3.63, 3.8) is 0 Å². The molecule has 8 heteroatoms. The third-order valence-electron chi connectivity index (χ3n) is 2.83. The van der Waals surface area contributed by atoms with Gasteiger partial charge >= 0.3 is 11.7 Å². The SMILES string of the molecule is CN(c1ccc(C(=O)O)cc1)c1ncc(Cl)cc1[N+](=O)[O-]. The molecule has 7 nitrogen and oxygen atoms in total. The number of anilines is 2. The van der Waals surface area contributed by atoms with Gasteiger partial charge in [0, 0.05) is 25.0 Å². The van der Waals surface area contributed by atoms with Crippen molar-refractivity contribution in [3.8, 4) is 0 Å². The molecule has 0 saturated carbocycles. The van der Waals surface area contributed by atoms with Gasteiger partial charge in [0.2, 0.25) is 5.82 Å². The summed E-state index contributed by atoms with van der Waals surface area (Å²) < 4.78 is 0. The molecule has 0 radical (unpaired) electrons. The van der Waals surface area contributed by atoms with Crippen molar-refractivity contribution in [1.29, 1.82) is 0 Å². The fourth-order valence-electron chi connectivity index (χ4n) is 1.76. The first-order chi connectivity index (χ1) is 9.90. The zero-order chi connectivity index (χ0) is 15.6. The molecule has 0 aliphatic rings. The maximum absolute atomic E-state index is 11.1. The summed E-state index contributed by atoms with van der Waals surface area (Å²) in [4.78, 5) is 26.7. The minimum atomic E-state index is -1.04. The molecule has 2 rings (SSSR count). The van der Waals surface area contributed by atoms with Crippen molar-refractivity contribution >= 4 is 34.8 Å². The largest absolute Gasteiger partial charge is 0.478 e. The molecular weight excluding hydrogens is 298 g/mol.